The average molecular weight is 282 g/mol. The molecule has 3 aromatic rings. The van der Waals surface area contributed by atoms with Gasteiger partial charge in [-0.1, -0.05) is 18.2 Å². The second kappa shape index (κ2) is 4.82. The molecule has 0 saturated carbocycles. The largest absolute Gasteiger partial charge is 0.433 e. The second-order valence-electron chi connectivity index (χ2n) is 4.63. The highest BCUT2D eigenvalue weighted by Gasteiger charge is 2.18. The topological polar surface area (TPSA) is 86.2 Å². The zero-order valence-corrected chi connectivity index (χ0v) is 11.1. The van der Waals surface area contributed by atoms with Crippen molar-refractivity contribution < 1.29 is 14.1 Å². The number of hydrogen-bond acceptors (Lipinski definition) is 5. The van der Waals surface area contributed by atoms with Gasteiger partial charge in [-0.15, -0.1) is 0 Å². The van der Waals surface area contributed by atoms with Crippen molar-refractivity contribution in [3.8, 4) is 0 Å². The maximum atomic E-state index is 12.3. The van der Waals surface area contributed by atoms with Crippen LogP contribution in [0.25, 0.3) is 11.1 Å². The third kappa shape index (κ3) is 2.38. The molecule has 21 heavy (non-hydrogen) atoms. The van der Waals surface area contributed by atoms with Gasteiger partial charge in [-0.05, 0) is 24.6 Å². The number of nitro benzene ring substituents is 1. The van der Waals surface area contributed by atoms with Crippen LogP contribution < -0.4 is 0 Å². The smallest absolute Gasteiger partial charge is 0.270 e. The van der Waals surface area contributed by atoms with Gasteiger partial charge in [0.25, 0.3) is 11.6 Å². The Hall–Kier alpha value is -3.02. The van der Waals surface area contributed by atoms with E-state index in [9.17, 15) is 14.9 Å². The Morgan fingerprint density at radius 1 is 1.24 bits per heavy atom. The number of oxazole rings is 1. The minimum absolute atomic E-state index is 0.0731. The molecule has 104 valence electrons. The van der Waals surface area contributed by atoms with E-state index in [1.54, 1.807) is 6.07 Å². The number of rotatable bonds is 3. The van der Waals surface area contributed by atoms with Gasteiger partial charge in [-0.3, -0.25) is 14.9 Å². The molecule has 0 bridgehead atoms. The molecule has 6 nitrogen and oxygen atoms in total. The van der Waals surface area contributed by atoms with Gasteiger partial charge in [0, 0.05) is 17.7 Å². The van der Waals surface area contributed by atoms with Gasteiger partial charge in [-0.2, -0.15) is 0 Å². The summed E-state index contributed by atoms with van der Waals surface area (Å²) >= 11 is 0. The number of aromatic nitrogens is 1. The van der Waals surface area contributed by atoms with E-state index >= 15 is 0 Å². The predicted molar refractivity (Wildman–Crippen MR) is 75.3 cm³/mol. The lowest BCUT2D eigenvalue weighted by Gasteiger charge is -1.96. The van der Waals surface area contributed by atoms with Gasteiger partial charge in [0.1, 0.15) is 5.52 Å². The van der Waals surface area contributed by atoms with Crippen molar-refractivity contribution in [3.63, 3.8) is 0 Å². The Balaban J connectivity index is 2.03. The molecule has 0 N–H and O–H groups in total. The summed E-state index contributed by atoms with van der Waals surface area (Å²) in [4.78, 5) is 26.6. The van der Waals surface area contributed by atoms with Crippen molar-refractivity contribution >= 4 is 22.6 Å². The molecule has 0 aliphatic carbocycles. The molecule has 1 aromatic heterocycles. The fourth-order valence-electron chi connectivity index (χ4n) is 2.02. The van der Waals surface area contributed by atoms with E-state index in [1.165, 1.54) is 24.3 Å². The molecule has 0 atom stereocenters. The van der Waals surface area contributed by atoms with Crippen LogP contribution in [0.5, 0.6) is 0 Å². The first kappa shape index (κ1) is 13.0. The zero-order valence-electron chi connectivity index (χ0n) is 11.1. The number of aryl methyl sites for hydroxylation is 1. The molecule has 0 saturated heterocycles. The number of nitrogens with zero attached hydrogens (tertiary/aromatic N) is 2. The van der Waals surface area contributed by atoms with E-state index in [1.807, 2.05) is 19.1 Å². The highest BCUT2D eigenvalue weighted by molar-refractivity contribution is 6.07. The number of carbonyl (C=O) groups excluding carboxylic acids is 1. The van der Waals surface area contributed by atoms with E-state index < -0.39 is 10.7 Å². The molecule has 0 spiro atoms. The van der Waals surface area contributed by atoms with Gasteiger partial charge in [0.05, 0.1) is 4.92 Å². The summed E-state index contributed by atoms with van der Waals surface area (Å²) in [5.74, 6) is -0.552. The molecule has 0 fully saturated rings. The zero-order chi connectivity index (χ0) is 15.0. The van der Waals surface area contributed by atoms with Crippen LogP contribution in [0.4, 0.5) is 5.69 Å². The van der Waals surface area contributed by atoms with E-state index in [2.05, 4.69) is 4.98 Å². The lowest BCUT2D eigenvalue weighted by molar-refractivity contribution is -0.384. The maximum absolute atomic E-state index is 12.3. The molecular formula is C15H10N2O4. The Labute approximate surface area is 119 Å². The van der Waals surface area contributed by atoms with Gasteiger partial charge in [0.2, 0.25) is 5.78 Å². The fraction of sp³-hybridized carbons (Fsp3) is 0.0667. The Morgan fingerprint density at radius 3 is 2.81 bits per heavy atom. The van der Waals surface area contributed by atoms with E-state index in [0.29, 0.717) is 11.1 Å². The molecule has 6 heteroatoms. The highest BCUT2D eigenvalue weighted by atomic mass is 16.6. The van der Waals surface area contributed by atoms with Gasteiger partial charge < -0.3 is 4.42 Å². The first-order chi connectivity index (χ1) is 10.0. The lowest BCUT2D eigenvalue weighted by atomic mass is 10.1. The molecule has 0 aliphatic heterocycles. The van der Waals surface area contributed by atoms with Crippen molar-refractivity contribution in [1.29, 1.82) is 0 Å². The number of hydrogen-bond donors (Lipinski definition) is 0. The standard InChI is InChI=1S/C15H10N2O4/c1-9-5-6-13-12(7-9)16-15(21-13)14(18)10-3-2-4-11(8-10)17(19)20/h2-8H,1H3. The van der Waals surface area contributed by atoms with Crippen LogP contribution in [-0.4, -0.2) is 15.7 Å². The van der Waals surface area contributed by atoms with Crippen molar-refractivity contribution in [3.05, 3.63) is 69.6 Å². The number of non-ortho nitro benzene ring substituents is 1. The van der Waals surface area contributed by atoms with Crippen LogP contribution in [0.1, 0.15) is 21.8 Å². The Morgan fingerprint density at radius 2 is 2.05 bits per heavy atom. The van der Waals surface area contributed by atoms with Crippen molar-refractivity contribution in [2.75, 3.05) is 0 Å². The monoisotopic (exact) mass is 282 g/mol. The van der Waals surface area contributed by atoms with Crippen molar-refractivity contribution in [2.24, 2.45) is 0 Å². The number of nitro groups is 1. The fourth-order valence-corrected chi connectivity index (χ4v) is 2.02. The molecule has 1 heterocycles. The predicted octanol–water partition coefficient (Wildman–Crippen LogP) is 3.28. The van der Waals surface area contributed by atoms with Crippen LogP contribution in [0.3, 0.4) is 0 Å². The number of ketones is 1. The Bertz CT molecular complexity index is 867. The summed E-state index contributed by atoms with van der Waals surface area (Å²) in [6, 6.07) is 10.9. The highest BCUT2D eigenvalue weighted by Crippen LogP contribution is 2.21. The van der Waals surface area contributed by atoms with Crippen LogP contribution in [0.15, 0.2) is 46.9 Å². The Kier molecular flexibility index (Phi) is 2.98. The van der Waals surface area contributed by atoms with Crippen LogP contribution in [0.2, 0.25) is 0 Å². The summed E-state index contributed by atoms with van der Waals surface area (Å²) in [6.45, 7) is 1.91. The normalized spacial score (nSPS) is 10.7. The molecule has 2 aromatic carbocycles. The minimum atomic E-state index is -0.549. The molecule has 0 radical (unpaired) electrons. The number of benzene rings is 2. The summed E-state index contributed by atoms with van der Waals surface area (Å²) in [5.41, 5.74) is 2.13. The molecule has 0 amide bonds. The first-order valence-electron chi connectivity index (χ1n) is 6.21. The van der Waals surface area contributed by atoms with E-state index in [0.717, 1.165) is 5.56 Å². The molecular weight excluding hydrogens is 272 g/mol. The minimum Gasteiger partial charge on any atom is -0.433 e. The maximum Gasteiger partial charge on any atom is 0.270 e. The second-order valence-corrected chi connectivity index (χ2v) is 4.63. The summed E-state index contributed by atoms with van der Waals surface area (Å²) in [7, 11) is 0. The molecule has 0 unspecified atom stereocenters. The van der Waals surface area contributed by atoms with Gasteiger partial charge in [0.15, 0.2) is 5.58 Å². The van der Waals surface area contributed by atoms with Crippen LogP contribution in [-0.2, 0) is 0 Å². The van der Waals surface area contributed by atoms with E-state index in [4.69, 9.17) is 4.42 Å². The number of carbonyl (C=O) groups is 1. The van der Waals surface area contributed by atoms with Gasteiger partial charge >= 0.3 is 0 Å². The third-order valence-electron chi connectivity index (χ3n) is 3.06. The van der Waals surface area contributed by atoms with Crippen LogP contribution in [0, 0.1) is 17.0 Å². The first-order valence-corrected chi connectivity index (χ1v) is 6.21. The number of fused-ring (bicyclic) bond motifs is 1. The van der Waals surface area contributed by atoms with E-state index in [-0.39, 0.29) is 17.1 Å². The molecule has 0 aliphatic rings. The average Bonchev–Trinajstić information content (AvgIpc) is 2.89. The molecule has 3 rings (SSSR count). The van der Waals surface area contributed by atoms with Crippen molar-refractivity contribution in [1.82, 2.24) is 4.98 Å². The summed E-state index contributed by atoms with van der Waals surface area (Å²) in [6.07, 6.45) is 0. The quantitative estimate of drug-likeness (QED) is 0.418. The summed E-state index contributed by atoms with van der Waals surface area (Å²) in [5, 5.41) is 10.7. The third-order valence-corrected chi connectivity index (χ3v) is 3.06. The van der Waals surface area contributed by atoms with Gasteiger partial charge in [-0.25, -0.2) is 4.98 Å². The summed E-state index contributed by atoms with van der Waals surface area (Å²) < 4.78 is 5.41. The van der Waals surface area contributed by atoms with Crippen LogP contribution >= 0.6 is 0 Å². The SMILES string of the molecule is Cc1ccc2oc(C(=O)c3cccc([N+](=O)[O-])c3)nc2c1. The van der Waals surface area contributed by atoms with Crippen molar-refractivity contribution in [2.45, 2.75) is 6.92 Å². The lowest BCUT2D eigenvalue weighted by Crippen LogP contribution is -2.02.